The Balaban J connectivity index is 1.72. The van der Waals surface area contributed by atoms with Crippen molar-refractivity contribution in [1.82, 2.24) is 19.1 Å². The number of nitrogens with zero attached hydrogens (tertiary/aromatic N) is 4. The first-order valence-corrected chi connectivity index (χ1v) is 14.1. The number of hydrogen-bond acceptors (Lipinski definition) is 8. The van der Waals surface area contributed by atoms with Gasteiger partial charge >= 0.3 is 5.97 Å². The van der Waals surface area contributed by atoms with Crippen LogP contribution in [0, 0.1) is 0 Å². The van der Waals surface area contributed by atoms with Gasteiger partial charge in [0.2, 0.25) is 10.0 Å². The Labute approximate surface area is 205 Å². The molecule has 34 heavy (non-hydrogen) atoms. The van der Waals surface area contributed by atoms with Gasteiger partial charge in [-0.1, -0.05) is 49.6 Å². The zero-order valence-corrected chi connectivity index (χ0v) is 21.3. The standard InChI is InChI=1S/C23H32N4O5S2/c1-17(22(28)31-2)33-23-25-24-21(27(23)19-9-5-3-4-6-10-19)18-8-7-11-20(16-18)34(29,30)26-12-14-32-15-13-26/h7-8,11,16-17,19H,3-6,9-10,12-15H2,1-2H3. The van der Waals surface area contributed by atoms with E-state index in [0.717, 1.165) is 25.7 Å². The molecule has 9 nitrogen and oxygen atoms in total. The molecule has 0 N–H and O–H groups in total. The predicted molar refractivity (Wildman–Crippen MR) is 129 cm³/mol. The van der Waals surface area contributed by atoms with Crippen LogP contribution in [-0.2, 0) is 24.3 Å². The van der Waals surface area contributed by atoms with Gasteiger partial charge in [0.05, 0.1) is 25.2 Å². The Morgan fingerprint density at radius 2 is 1.85 bits per heavy atom. The molecule has 1 unspecified atom stereocenters. The van der Waals surface area contributed by atoms with Crippen molar-refractivity contribution in [1.29, 1.82) is 0 Å². The molecular weight excluding hydrogens is 476 g/mol. The molecule has 1 aliphatic carbocycles. The van der Waals surface area contributed by atoms with E-state index < -0.39 is 15.3 Å². The van der Waals surface area contributed by atoms with Crippen molar-refractivity contribution in [2.75, 3.05) is 33.4 Å². The lowest BCUT2D eigenvalue weighted by Gasteiger charge is -2.26. The largest absolute Gasteiger partial charge is 0.468 e. The fourth-order valence-electron chi connectivity index (χ4n) is 4.50. The highest BCUT2D eigenvalue weighted by molar-refractivity contribution is 8.00. The first-order valence-electron chi connectivity index (χ1n) is 11.8. The lowest BCUT2D eigenvalue weighted by Crippen LogP contribution is -2.40. The molecule has 2 aliphatic rings. The van der Waals surface area contributed by atoms with Gasteiger partial charge in [-0.05, 0) is 31.9 Å². The summed E-state index contributed by atoms with van der Waals surface area (Å²) < 4.78 is 40.2. The molecule has 11 heteroatoms. The van der Waals surface area contributed by atoms with Crippen molar-refractivity contribution in [3.63, 3.8) is 0 Å². The van der Waals surface area contributed by atoms with Gasteiger partial charge in [0, 0.05) is 24.7 Å². The molecule has 2 aromatic rings. The van der Waals surface area contributed by atoms with Gasteiger partial charge in [-0.15, -0.1) is 10.2 Å². The fourth-order valence-corrected chi connectivity index (χ4v) is 6.90. The van der Waals surface area contributed by atoms with Crippen LogP contribution in [0.1, 0.15) is 51.5 Å². The second-order valence-corrected chi connectivity index (χ2v) is 11.9. The zero-order valence-electron chi connectivity index (χ0n) is 19.7. The maximum atomic E-state index is 13.2. The molecule has 4 rings (SSSR count). The number of methoxy groups -OCH3 is 1. The summed E-state index contributed by atoms with van der Waals surface area (Å²) in [6.45, 7) is 3.27. The minimum absolute atomic E-state index is 0.194. The number of thioether (sulfide) groups is 1. The molecule has 1 saturated heterocycles. The first kappa shape index (κ1) is 25.2. The number of rotatable bonds is 7. The number of morpholine rings is 1. The van der Waals surface area contributed by atoms with Gasteiger partial charge in [-0.3, -0.25) is 9.36 Å². The molecule has 0 amide bonds. The van der Waals surface area contributed by atoms with Crippen LogP contribution in [0.15, 0.2) is 34.3 Å². The maximum absolute atomic E-state index is 13.2. The van der Waals surface area contributed by atoms with Gasteiger partial charge in [0.25, 0.3) is 0 Å². The molecule has 2 heterocycles. The first-order chi connectivity index (χ1) is 16.4. The highest BCUT2D eigenvalue weighted by Crippen LogP contribution is 2.36. The number of benzene rings is 1. The number of ether oxygens (including phenoxy) is 2. The van der Waals surface area contributed by atoms with Gasteiger partial charge in [-0.25, -0.2) is 8.42 Å². The molecule has 0 bridgehead atoms. The molecule has 1 aromatic carbocycles. The summed E-state index contributed by atoms with van der Waals surface area (Å²) in [6, 6.07) is 7.11. The highest BCUT2D eigenvalue weighted by atomic mass is 32.2. The Morgan fingerprint density at radius 3 is 2.53 bits per heavy atom. The molecule has 0 spiro atoms. The van der Waals surface area contributed by atoms with Gasteiger partial charge in [0.15, 0.2) is 11.0 Å². The lowest BCUT2D eigenvalue weighted by molar-refractivity contribution is -0.139. The molecule has 1 aliphatic heterocycles. The molecule has 186 valence electrons. The van der Waals surface area contributed by atoms with Crippen molar-refractivity contribution in [3.05, 3.63) is 24.3 Å². The van der Waals surface area contributed by atoms with Crippen LogP contribution < -0.4 is 0 Å². The monoisotopic (exact) mass is 508 g/mol. The summed E-state index contributed by atoms with van der Waals surface area (Å²) in [7, 11) is -2.26. The fraction of sp³-hybridized carbons (Fsp3) is 0.609. The molecule has 0 radical (unpaired) electrons. The summed E-state index contributed by atoms with van der Waals surface area (Å²) in [4.78, 5) is 12.3. The second-order valence-electron chi connectivity index (χ2n) is 8.65. The van der Waals surface area contributed by atoms with Crippen LogP contribution in [0.2, 0.25) is 0 Å². The summed E-state index contributed by atoms with van der Waals surface area (Å²) in [5.74, 6) is 0.311. The Bertz CT molecular complexity index is 1090. The van der Waals surface area contributed by atoms with Gasteiger partial charge in [-0.2, -0.15) is 4.31 Å². The average molecular weight is 509 g/mol. The van der Waals surface area contributed by atoms with E-state index in [1.54, 1.807) is 25.1 Å². The number of esters is 1. The number of carbonyl (C=O) groups is 1. The Morgan fingerprint density at radius 1 is 1.15 bits per heavy atom. The molecule has 1 aromatic heterocycles. The van der Waals surface area contributed by atoms with E-state index in [4.69, 9.17) is 9.47 Å². The van der Waals surface area contributed by atoms with E-state index in [0.29, 0.717) is 42.8 Å². The van der Waals surface area contributed by atoms with Crippen molar-refractivity contribution >= 4 is 27.8 Å². The van der Waals surface area contributed by atoms with Crippen molar-refractivity contribution in [3.8, 4) is 11.4 Å². The van der Waals surface area contributed by atoms with E-state index in [2.05, 4.69) is 14.8 Å². The second kappa shape index (κ2) is 11.2. The average Bonchev–Trinajstić information content (AvgIpc) is 3.09. The van der Waals surface area contributed by atoms with Gasteiger partial charge in [0.1, 0.15) is 5.25 Å². The number of aromatic nitrogens is 3. The van der Waals surface area contributed by atoms with E-state index >= 15 is 0 Å². The van der Waals surface area contributed by atoms with E-state index in [1.165, 1.54) is 36.0 Å². The summed E-state index contributed by atoms with van der Waals surface area (Å²) >= 11 is 1.33. The normalized spacial score (nSPS) is 19.5. The number of carbonyl (C=O) groups excluding carboxylic acids is 1. The third-order valence-electron chi connectivity index (χ3n) is 6.37. The van der Waals surface area contributed by atoms with Crippen molar-refractivity contribution < 1.29 is 22.7 Å². The van der Waals surface area contributed by atoms with Crippen LogP contribution in [0.4, 0.5) is 0 Å². The van der Waals surface area contributed by atoms with Crippen LogP contribution in [0.25, 0.3) is 11.4 Å². The third kappa shape index (κ3) is 5.48. The summed E-state index contributed by atoms with van der Waals surface area (Å²) in [5, 5.41) is 9.13. The maximum Gasteiger partial charge on any atom is 0.318 e. The summed E-state index contributed by atoms with van der Waals surface area (Å²) in [5.41, 5.74) is 0.698. The van der Waals surface area contributed by atoms with Crippen LogP contribution in [-0.4, -0.2) is 72.1 Å². The van der Waals surface area contributed by atoms with Crippen LogP contribution >= 0.6 is 11.8 Å². The van der Waals surface area contributed by atoms with Crippen LogP contribution in [0.3, 0.4) is 0 Å². The Kier molecular flexibility index (Phi) is 8.28. The smallest absolute Gasteiger partial charge is 0.318 e. The van der Waals surface area contributed by atoms with E-state index in [9.17, 15) is 13.2 Å². The van der Waals surface area contributed by atoms with Crippen molar-refractivity contribution in [2.45, 2.75) is 66.8 Å². The molecule has 2 fully saturated rings. The predicted octanol–water partition coefficient (Wildman–Crippen LogP) is 3.51. The number of sulfonamides is 1. The Hall–Kier alpha value is -1.95. The number of hydrogen-bond donors (Lipinski definition) is 0. The highest BCUT2D eigenvalue weighted by Gasteiger charge is 2.29. The third-order valence-corrected chi connectivity index (χ3v) is 9.30. The van der Waals surface area contributed by atoms with Gasteiger partial charge < -0.3 is 9.47 Å². The van der Waals surface area contributed by atoms with E-state index in [-0.39, 0.29) is 16.9 Å². The lowest BCUT2D eigenvalue weighted by atomic mass is 10.1. The molecular formula is C23H32N4O5S2. The molecule has 1 atom stereocenters. The van der Waals surface area contributed by atoms with Crippen LogP contribution in [0.5, 0.6) is 0 Å². The van der Waals surface area contributed by atoms with Crippen molar-refractivity contribution in [2.24, 2.45) is 0 Å². The quantitative estimate of drug-likeness (QED) is 0.318. The minimum Gasteiger partial charge on any atom is -0.468 e. The zero-order chi connectivity index (χ0) is 24.1. The summed E-state index contributed by atoms with van der Waals surface area (Å²) in [6.07, 6.45) is 6.62. The van der Waals surface area contributed by atoms with E-state index in [1.807, 2.05) is 6.07 Å². The minimum atomic E-state index is -3.63. The topological polar surface area (TPSA) is 104 Å². The SMILES string of the molecule is COC(=O)C(C)Sc1nnc(-c2cccc(S(=O)(=O)N3CCOCC3)c2)n1C1CCCCCC1. The molecule has 1 saturated carbocycles.